The highest BCUT2D eigenvalue weighted by Gasteiger charge is 2.24. The summed E-state index contributed by atoms with van der Waals surface area (Å²) >= 11 is 0. The van der Waals surface area contributed by atoms with Crippen LogP contribution in [-0.2, 0) is 9.59 Å². The standard InChI is InChI=1S/C21H31N3O3/c1-13(2)19(22-15(4)25)21(27)24-18-11-10-16(12-14(18)3)20(26)23-17-8-6-5-7-9-17/h10-13,17,19H,5-9H2,1-4H3,(H,22,25)(H,23,26)(H,24,27). The van der Waals surface area contributed by atoms with Gasteiger partial charge in [0.05, 0.1) is 0 Å². The van der Waals surface area contributed by atoms with E-state index in [1.807, 2.05) is 20.8 Å². The Morgan fingerprint density at radius 2 is 1.74 bits per heavy atom. The molecule has 1 aliphatic carbocycles. The summed E-state index contributed by atoms with van der Waals surface area (Å²) in [6.07, 6.45) is 5.66. The number of hydrogen-bond acceptors (Lipinski definition) is 3. The Balaban J connectivity index is 2.03. The van der Waals surface area contributed by atoms with E-state index in [4.69, 9.17) is 0 Å². The summed E-state index contributed by atoms with van der Waals surface area (Å²) in [5.74, 6) is -0.603. The molecule has 1 aromatic rings. The van der Waals surface area contributed by atoms with Crippen molar-refractivity contribution in [2.75, 3.05) is 5.32 Å². The van der Waals surface area contributed by atoms with E-state index in [-0.39, 0.29) is 29.7 Å². The maximum absolute atomic E-state index is 12.5. The Morgan fingerprint density at radius 1 is 1.07 bits per heavy atom. The van der Waals surface area contributed by atoms with E-state index in [9.17, 15) is 14.4 Å². The molecule has 6 heteroatoms. The van der Waals surface area contributed by atoms with Crippen molar-refractivity contribution in [3.63, 3.8) is 0 Å². The number of aryl methyl sites for hydroxylation is 1. The first-order valence-electron chi connectivity index (χ1n) is 9.77. The lowest BCUT2D eigenvalue weighted by molar-refractivity contribution is -0.126. The number of carbonyl (C=O) groups is 3. The quantitative estimate of drug-likeness (QED) is 0.716. The molecule has 0 saturated heterocycles. The molecule has 1 saturated carbocycles. The average molecular weight is 373 g/mol. The molecule has 27 heavy (non-hydrogen) atoms. The smallest absolute Gasteiger partial charge is 0.251 e. The van der Waals surface area contributed by atoms with Gasteiger partial charge in [-0.25, -0.2) is 0 Å². The molecule has 1 fully saturated rings. The minimum Gasteiger partial charge on any atom is -0.349 e. The van der Waals surface area contributed by atoms with Gasteiger partial charge in [0, 0.05) is 24.2 Å². The Kier molecular flexibility index (Phi) is 7.39. The third-order valence-corrected chi connectivity index (χ3v) is 4.99. The van der Waals surface area contributed by atoms with Crippen molar-refractivity contribution in [2.45, 2.75) is 71.9 Å². The number of benzene rings is 1. The molecular weight excluding hydrogens is 342 g/mol. The molecule has 0 bridgehead atoms. The Labute approximate surface area is 161 Å². The summed E-state index contributed by atoms with van der Waals surface area (Å²) in [6, 6.07) is 4.92. The van der Waals surface area contributed by atoms with Crippen LogP contribution >= 0.6 is 0 Å². The monoisotopic (exact) mass is 373 g/mol. The van der Waals surface area contributed by atoms with E-state index in [0.29, 0.717) is 11.3 Å². The van der Waals surface area contributed by atoms with Crippen LogP contribution < -0.4 is 16.0 Å². The molecule has 0 heterocycles. The van der Waals surface area contributed by atoms with Gasteiger partial charge in [0.1, 0.15) is 6.04 Å². The summed E-state index contributed by atoms with van der Waals surface area (Å²) in [7, 11) is 0. The van der Waals surface area contributed by atoms with Gasteiger partial charge in [-0.2, -0.15) is 0 Å². The highest BCUT2D eigenvalue weighted by molar-refractivity contribution is 5.99. The number of nitrogens with one attached hydrogen (secondary N) is 3. The molecule has 0 aromatic heterocycles. The van der Waals surface area contributed by atoms with E-state index in [1.54, 1.807) is 18.2 Å². The van der Waals surface area contributed by atoms with Crippen LogP contribution in [0, 0.1) is 12.8 Å². The lowest BCUT2D eigenvalue weighted by atomic mass is 9.95. The Bertz CT molecular complexity index is 694. The zero-order valence-electron chi connectivity index (χ0n) is 16.7. The van der Waals surface area contributed by atoms with Crippen LogP contribution in [-0.4, -0.2) is 29.8 Å². The largest absolute Gasteiger partial charge is 0.349 e. The molecule has 1 unspecified atom stereocenters. The van der Waals surface area contributed by atoms with Crippen LogP contribution in [0.15, 0.2) is 18.2 Å². The Hall–Kier alpha value is -2.37. The van der Waals surface area contributed by atoms with Gasteiger partial charge < -0.3 is 16.0 Å². The summed E-state index contributed by atoms with van der Waals surface area (Å²) in [4.78, 5) is 36.3. The van der Waals surface area contributed by atoms with Gasteiger partial charge in [0.2, 0.25) is 11.8 Å². The van der Waals surface area contributed by atoms with Crippen molar-refractivity contribution in [1.29, 1.82) is 0 Å². The van der Waals surface area contributed by atoms with Gasteiger partial charge in [-0.1, -0.05) is 33.1 Å². The number of hydrogen-bond donors (Lipinski definition) is 3. The molecule has 148 valence electrons. The molecule has 1 aliphatic rings. The van der Waals surface area contributed by atoms with Crippen LogP contribution in [0.5, 0.6) is 0 Å². The van der Waals surface area contributed by atoms with Crippen molar-refractivity contribution < 1.29 is 14.4 Å². The van der Waals surface area contributed by atoms with Gasteiger partial charge in [-0.05, 0) is 49.4 Å². The predicted molar refractivity (Wildman–Crippen MR) is 107 cm³/mol. The van der Waals surface area contributed by atoms with E-state index in [2.05, 4.69) is 16.0 Å². The van der Waals surface area contributed by atoms with E-state index in [0.717, 1.165) is 18.4 Å². The first-order valence-corrected chi connectivity index (χ1v) is 9.77. The fourth-order valence-electron chi connectivity index (χ4n) is 3.43. The zero-order chi connectivity index (χ0) is 20.0. The molecule has 0 radical (unpaired) electrons. The average Bonchev–Trinajstić information content (AvgIpc) is 2.61. The van der Waals surface area contributed by atoms with Crippen LogP contribution in [0.2, 0.25) is 0 Å². The van der Waals surface area contributed by atoms with E-state index in [1.165, 1.54) is 26.2 Å². The Morgan fingerprint density at radius 3 is 2.30 bits per heavy atom. The number of carbonyl (C=O) groups excluding carboxylic acids is 3. The third-order valence-electron chi connectivity index (χ3n) is 4.99. The first kappa shape index (κ1) is 20.9. The predicted octanol–water partition coefficient (Wildman–Crippen LogP) is 3.16. The van der Waals surface area contributed by atoms with Crippen molar-refractivity contribution >= 4 is 23.4 Å². The highest BCUT2D eigenvalue weighted by Crippen LogP contribution is 2.20. The lowest BCUT2D eigenvalue weighted by Gasteiger charge is -2.23. The molecule has 6 nitrogen and oxygen atoms in total. The van der Waals surface area contributed by atoms with Gasteiger partial charge >= 0.3 is 0 Å². The van der Waals surface area contributed by atoms with E-state index < -0.39 is 6.04 Å². The van der Waals surface area contributed by atoms with Crippen LogP contribution in [0.3, 0.4) is 0 Å². The van der Waals surface area contributed by atoms with Crippen LogP contribution in [0.1, 0.15) is 68.8 Å². The van der Waals surface area contributed by atoms with Gasteiger partial charge in [-0.3, -0.25) is 14.4 Å². The minimum absolute atomic E-state index is 0.0326. The van der Waals surface area contributed by atoms with Crippen molar-refractivity contribution in [3.8, 4) is 0 Å². The van der Waals surface area contributed by atoms with Crippen LogP contribution in [0.25, 0.3) is 0 Å². The molecule has 1 aromatic carbocycles. The topological polar surface area (TPSA) is 87.3 Å². The maximum atomic E-state index is 12.5. The molecule has 2 rings (SSSR count). The zero-order valence-corrected chi connectivity index (χ0v) is 16.7. The number of anilines is 1. The maximum Gasteiger partial charge on any atom is 0.251 e. The second kappa shape index (κ2) is 9.53. The van der Waals surface area contributed by atoms with Gasteiger partial charge in [-0.15, -0.1) is 0 Å². The SMILES string of the molecule is CC(=O)NC(C(=O)Nc1ccc(C(=O)NC2CCCCC2)cc1C)C(C)C. The number of amides is 3. The molecule has 0 spiro atoms. The van der Waals surface area contributed by atoms with Crippen molar-refractivity contribution in [3.05, 3.63) is 29.3 Å². The molecule has 3 N–H and O–H groups in total. The normalized spacial score (nSPS) is 15.9. The van der Waals surface area contributed by atoms with Crippen molar-refractivity contribution in [2.24, 2.45) is 5.92 Å². The second-order valence-electron chi connectivity index (χ2n) is 7.75. The van der Waals surface area contributed by atoms with Gasteiger partial charge in [0.15, 0.2) is 0 Å². The summed E-state index contributed by atoms with van der Waals surface area (Å²) < 4.78 is 0. The third kappa shape index (κ3) is 6.08. The van der Waals surface area contributed by atoms with E-state index >= 15 is 0 Å². The highest BCUT2D eigenvalue weighted by atomic mass is 16.2. The fourth-order valence-corrected chi connectivity index (χ4v) is 3.43. The summed E-state index contributed by atoms with van der Waals surface area (Å²) in [6.45, 7) is 7.01. The summed E-state index contributed by atoms with van der Waals surface area (Å²) in [5, 5.41) is 8.64. The van der Waals surface area contributed by atoms with Crippen molar-refractivity contribution in [1.82, 2.24) is 10.6 Å². The lowest BCUT2D eigenvalue weighted by Crippen LogP contribution is -2.46. The fraction of sp³-hybridized carbons (Fsp3) is 0.571. The minimum atomic E-state index is -0.601. The first-order chi connectivity index (χ1) is 12.8. The number of rotatable bonds is 6. The molecular formula is C21H31N3O3. The second-order valence-corrected chi connectivity index (χ2v) is 7.75. The van der Waals surface area contributed by atoms with Crippen LogP contribution in [0.4, 0.5) is 5.69 Å². The molecule has 0 aliphatic heterocycles. The summed E-state index contributed by atoms with van der Waals surface area (Å²) in [5.41, 5.74) is 2.05. The molecule has 3 amide bonds. The van der Waals surface area contributed by atoms with Gasteiger partial charge in [0.25, 0.3) is 5.91 Å². The molecule has 1 atom stereocenters.